The van der Waals surface area contributed by atoms with Crippen molar-refractivity contribution in [3.8, 4) is 5.75 Å². The second kappa shape index (κ2) is 12.5. The summed E-state index contributed by atoms with van der Waals surface area (Å²) in [6.07, 6.45) is 0.305. The zero-order valence-corrected chi connectivity index (χ0v) is 22.1. The van der Waals surface area contributed by atoms with E-state index in [1.807, 2.05) is 30.3 Å². The fourth-order valence-electron chi connectivity index (χ4n) is 3.39. The van der Waals surface area contributed by atoms with Gasteiger partial charge >= 0.3 is 0 Å². The molecule has 2 amide bonds. The summed E-state index contributed by atoms with van der Waals surface area (Å²) < 4.78 is 6.36. The highest BCUT2D eigenvalue weighted by Crippen LogP contribution is 2.29. The van der Waals surface area contributed by atoms with Gasteiger partial charge in [0.25, 0.3) is 5.91 Å². The number of nitrogens with one attached hydrogen (secondary N) is 1. The number of benzene rings is 3. The number of ether oxygens (including phenoxy) is 1. The summed E-state index contributed by atoms with van der Waals surface area (Å²) in [6, 6.07) is 18.8. The van der Waals surface area contributed by atoms with Crippen molar-refractivity contribution in [1.29, 1.82) is 0 Å². The molecule has 0 aliphatic rings. The average molecular weight is 585 g/mol. The molecule has 0 unspecified atom stereocenters. The number of likely N-dealkylation sites (N-methyl/N-ethyl adjacent to an activating group) is 1. The Bertz CT molecular complexity index is 1140. The summed E-state index contributed by atoms with van der Waals surface area (Å²) in [5, 5.41) is 4.00. The van der Waals surface area contributed by atoms with Crippen molar-refractivity contribution >= 4 is 62.5 Å². The molecule has 34 heavy (non-hydrogen) atoms. The first-order valence-electron chi connectivity index (χ1n) is 10.4. The second-order valence-corrected chi connectivity index (χ2v) is 9.51. The van der Waals surface area contributed by atoms with E-state index in [-0.39, 0.29) is 19.1 Å². The van der Waals surface area contributed by atoms with Gasteiger partial charge < -0.3 is 15.0 Å². The molecule has 3 aromatic rings. The summed E-state index contributed by atoms with van der Waals surface area (Å²) in [6.45, 7) is -0.266. The molecule has 0 aliphatic heterocycles. The SMILES string of the molecule is CNC(=O)[C@H](Cc1ccccc1)N(Cc1c(Cl)cccc1Cl)C(=O)COc1ccc(Cl)cc1Br. The minimum Gasteiger partial charge on any atom is -0.483 e. The van der Waals surface area contributed by atoms with Crippen molar-refractivity contribution in [1.82, 2.24) is 10.2 Å². The van der Waals surface area contributed by atoms with Gasteiger partial charge in [0.05, 0.1) is 4.47 Å². The first-order valence-corrected chi connectivity index (χ1v) is 12.3. The van der Waals surface area contributed by atoms with Gasteiger partial charge in [0.15, 0.2) is 6.61 Å². The fourth-order valence-corrected chi connectivity index (χ4v) is 4.70. The number of halogens is 4. The zero-order valence-electron chi connectivity index (χ0n) is 18.2. The maximum atomic E-state index is 13.5. The third-order valence-corrected chi connectivity index (χ3v) is 6.72. The molecule has 178 valence electrons. The summed E-state index contributed by atoms with van der Waals surface area (Å²) in [5.41, 5.74) is 1.45. The topological polar surface area (TPSA) is 58.6 Å². The van der Waals surface area contributed by atoms with Crippen LogP contribution in [0, 0.1) is 0 Å². The van der Waals surface area contributed by atoms with Crippen LogP contribution in [0.25, 0.3) is 0 Å². The number of hydrogen-bond acceptors (Lipinski definition) is 3. The Morgan fingerprint density at radius 2 is 1.68 bits per heavy atom. The lowest BCUT2D eigenvalue weighted by Crippen LogP contribution is -2.51. The number of hydrogen-bond donors (Lipinski definition) is 1. The maximum Gasteiger partial charge on any atom is 0.261 e. The number of nitrogens with zero attached hydrogens (tertiary/aromatic N) is 1. The molecule has 0 saturated carbocycles. The molecule has 0 saturated heterocycles. The Morgan fingerprint density at radius 3 is 2.29 bits per heavy atom. The van der Waals surface area contributed by atoms with Crippen molar-refractivity contribution in [2.45, 2.75) is 19.0 Å². The molecule has 0 fully saturated rings. The minimum atomic E-state index is -0.815. The molecule has 9 heteroatoms. The number of carbonyl (C=O) groups is 2. The summed E-state index contributed by atoms with van der Waals surface area (Å²) in [7, 11) is 1.53. The van der Waals surface area contributed by atoms with Gasteiger partial charge in [0, 0.05) is 40.6 Å². The summed E-state index contributed by atoms with van der Waals surface area (Å²) in [4.78, 5) is 27.9. The van der Waals surface area contributed by atoms with Gasteiger partial charge in [-0.25, -0.2) is 0 Å². The molecule has 0 bridgehead atoms. The number of amides is 2. The second-order valence-electron chi connectivity index (χ2n) is 7.41. The first kappa shape index (κ1) is 26.4. The van der Waals surface area contributed by atoms with Crippen molar-refractivity contribution in [3.05, 3.63) is 97.4 Å². The lowest BCUT2D eigenvalue weighted by Gasteiger charge is -2.31. The lowest BCUT2D eigenvalue weighted by atomic mass is 10.0. The Balaban J connectivity index is 1.93. The Labute approximate surface area is 222 Å². The van der Waals surface area contributed by atoms with E-state index < -0.39 is 11.9 Å². The van der Waals surface area contributed by atoms with E-state index in [0.717, 1.165) is 5.56 Å². The zero-order chi connectivity index (χ0) is 24.7. The van der Waals surface area contributed by atoms with Crippen LogP contribution in [0.15, 0.2) is 71.2 Å². The van der Waals surface area contributed by atoms with Gasteiger partial charge in [-0.3, -0.25) is 9.59 Å². The standard InChI is InChI=1S/C25H22BrCl3N2O3/c1-30-25(33)22(12-16-6-3-2-4-7-16)31(14-18-20(28)8-5-9-21(18)29)24(32)15-34-23-11-10-17(27)13-19(23)26/h2-11,13,22H,12,14-15H2,1H3,(H,30,33)/t22-/m0/s1. The van der Waals surface area contributed by atoms with E-state index in [0.29, 0.717) is 37.3 Å². The van der Waals surface area contributed by atoms with E-state index in [9.17, 15) is 9.59 Å². The van der Waals surface area contributed by atoms with Crippen LogP contribution in [0.5, 0.6) is 5.75 Å². The lowest BCUT2D eigenvalue weighted by molar-refractivity contribution is -0.142. The maximum absolute atomic E-state index is 13.5. The number of carbonyl (C=O) groups excluding carboxylic acids is 2. The largest absolute Gasteiger partial charge is 0.483 e. The molecule has 0 radical (unpaired) electrons. The first-order chi connectivity index (χ1) is 16.3. The van der Waals surface area contributed by atoms with Crippen LogP contribution in [0.1, 0.15) is 11.1 Å². The van der Waals surface area contributed by atoms with Gasteiger partial charge in [-0.15, -0.1) is 0 Å². The highest BCUT2D eigenvalue weighted by molar-refractivity contribution is 9.10. The van der Waals surface area contributed by atoms with E-state index >= 15 is 0 Å². The molecule has 0 aliphatic carbocycles. The van der Waals surface area contributed by atoms with E-state index in [1.165, 1.54) is 11.9 Å². The van der Waals surface area contributed by atoms with Gasteiger partial charge in [0.2, 0.25) is 5.91 Å². The van der Waals surface area contributed by atoms with Crippen LogP contribution < -0.4 is 10.1 Å². The smallest absolute Gasteiger partial charge is 0.261 e. The summed E-state index contributed by atoms with van der Waals surface area (Å²) in [5.74, 6) is -0.261. The van der Waals surface area contributed by atoms with Crippen LogP contribution in [-0.4, -0.2) is 36.4 Å². The molecule has 3 rings (SSSR count). The fraction of sp³-hybridized carbons (Fsp3) is 0.200. The normalized spacial score (nSPS) is 11.6. The molecule has 1 atom stereocenters. The van der Waals surface area contributed by atoms with Crippen molar-refractivity contribution in [2.24, 2.45) is 0 Å². The van der Waals surface area contributed by atoms with Crippen LogP contribution >= 0.6 is 50.7 Å². The van der Waals surface area contributed by atoms with Gasteiger partial charge in [-0.05, 0) is 51.8 Å². The number of rotatable bonds is 9. The third-order valence-electron chi connectivity index (χ3n) is 5.15. The minimum absolute atomic E-state index is 0.0351. The third kappa shape index (κ3) is 6.89. The molecule has 0 aromatic heterocycles. The molecular weight excluding hydrogens is 563 g/mol. The van der Waals surface area contributed by atoms with Crippen LogP contribution in [-0.2, 0) is 22.6 Å². The van der Waals surface area contributed by atoms with E-state index in [2.05, 4.69) is 21.2 Å². The highest BCUT2D eigenvalue weighted by Gasteiger charge is 2.31. The van der Waals surface area contributed by atoms with Crippen LogP contribution in [0.3, 0.4) is 0 Å². The van der Waals surface area contributed by atoms with E-state index in [1.54, 1.807) is 36.4 Å². The van der Waals surface area contributed by atoms with Crippen molar-refractivity contribution < 1.29 is 14.3 Å². The molecule has 1 N–H and O–H groups in total. The molecule has 0 spiro atoms. The predicted molar refractivity (Wildman–Crippen MR) is 140 cm³/mol. The molecule has 3 aromatic carbocycles. The Hall–Kier alpha value is -2.25. The molecule has 0 heterocycles. The van der Waals surface area contributed by atoms with Gasteiger partial charge in [-0.2, -0.15) is 0 Å². The quantitative estimate of drug-likeness (QED) is 0.327. The van der Waals surface area contributed by atoms with E-state index in [4.69, 9.17) is 39.5 Å². The van der Waals surface area contributed by atoms with Crippen LogP contribution in [0.4, 0.5) is 0 Å². The highest BCUT2D eigenvalue weighted by atomic mass is 79.9. The Kier molecular flexibility index (Phi) is 9.65. The Morgan fingerprint density at radius 1 is 1.00 bits per heavy atom. The summed E-state index contributed by atoms with van der Waals surface area (Å²) >= 11 is 22.2. The monoisotopic (exact) mass is 582 g/mol. The van der Waals surface area contributed by atoms with Gasteiger partial charge in [-0.1, -0.05) is 71.2 Å². The molecule has 5 nitrogen and oxygen atoms in total. The van der Waals surface area contributed by atoms with Gasteiger partial charge in [0.1, 0.15) is 11.8 Å². The van der Waals surface area contributed by atoms with Crippen molar-refractivity contribution in [2.75, 3.05) is 13.7 Å². The molecular formula is C25H22BrCl3N2O3. The van der Waals surface area contributed by atoms with Crippen molar-refractivity contribution in [3.63, 3.8) is 0 Å². The van der Waals surface area contributed by atoms with Crippen LogP contribution in [0.2, 0.25) is 15.1 Å². The predicted octanol–water partition coefficient (Wildman–Crippen LogP) is 6.17. The average Bonchev–Trinajstić information content (AvgIpc) is 2.82.